The van der Waals surface area contributed by atoms with Crippen LogP contribution in [0.25, 0.3) is 11.3 Å². The fourth-order valence-corrected chi connectivity index (χ4v) is 1.57. The Kier molecular flexibility index (Phi) is 2.94. The molecule has 0 aliphatic carbocycles. The molecule has 0 spiro atoms. The van der Waals surface area contributed by atoms with Crippen LogP contribution in [-0.2, 0) is 6.18 Å². The Bertz CT molecular complexity index is 561. The lowest BCUT2D eigenvalue weighted by Gasteiger charge is -2.11. The highest BCUT2D eigenvalue weighted by molar-refractivity contribution is 5.68. The lowest BCUT2D eigenvalue weighted by atomic mass is 10.1. The number of anilines is 1. The lowest BCUT2D eigenvalue weighted by Crippen LogP contribution is -2.05. The number of halogens is 3. The molecule has 3 nitrogen and oxygen atoms in total. The van der Waals surface area contributed by atoms with Crippen LogP contribution in [0.4, 0.5) is 19.1 Å². The van der Waals surface area contributed by atoms with Crippen molar-refractivity contribution in [2.75, 3.05) is 12.8 Å². The summed E-state index contributed by atoms with van der Waals surface area (Å²) in [6.07, 6.45) is -4.42. The van der Waals surface area contributed by atoms with E-state index in [9.17, 15) is 13.2 Å². The molecule has 18 heavy (non-hydrogen) atoms. The van der Waals surface area contributed by atoms with Crippen molar-refractivity contribution in [2.45, 2.75) is 6.18 Å². The Morgan fingerprint density at radius 2 is 1.89 bits per heavy atom. The van der Waals surface area contributed by atoms with Gasteiger partial charge >= 0.3 is 6.18 Å². The Morgan fingerprint density at radius 1 is 1.17 bits per heavy atom. The number of nitrogen functional groups attached to an aromatic ring is 1. The number of hydrogen-bond donors (Lipinski definition) is 1. The van der Waals surface area contributed by atoms with Crippen LogP contribution in [0.1, 0.15) is 5.56 Å². The highest BCUT2D eigenvalue weighted by Crippen LogP contribution is 2.37. The summed E-state index contributed by atoms with van der Waals surface area (Å²) in [5.41, 5.74) is 4.84. The molecule has 0 unspecified atom stereocenters. The van der Waals surface area contributed by atoms with E-state index in [0.717, 1.165) is 12.1 Å². The van der Waals surface area contributed by atoms with Crippen LogP contribution in [0.2, 0.25) is 0 Å². The molecule has 6 heteroatoms. The summed E-state index contributed by atoms with van der Waals surface area (Å²) in [6.45, 7) is 0. The van der Waals surface area contributed by atoms with Crippen molar-refractivity contribution in [2.24, 2.45) is 0 Å². The molecule has 1 aromatic heterocycles. The first kappa shape index (κ1) is 12.3. The third-order valence-electron chi connectivity index (χ3n) is 2.42. The highest BCUT2D eigenvalue weighted by Gasteiger charge is 2.31. The van der Waals surface area contributed by atoms with E-state index in [1.54, 1.807) is 0 Å². The summed E-state index contributed by atoms with van der Waals surface area (Å²) >= 11 is 0. The first-order valence-electron chi connectivity index (χ1n) is 5.02. The molecular weight excluding hydrogens is 247 g/mol. The van der Waals surface area contributed by atoms with Gasteiger partial charge in [0.2, 0.25) is 0 Å². The van der Waals surface area contributed by atoms with Gasteiger partial charge in [-0.15, -0.1) is 0 Å². The topological polar surface area (TPSA) is 48.4 Å². The third kappa shape index (κ3) is 2.27. The maximum Gasteiger partial charge on any atom is 0.416 e. The van der Waals surface area contributed by atoms with Crippen LogP contribution >= 0.6 is 0 Å². The molecule has 2 rings (SSSR count). The van der Waals surface area contributed by atoms with Crippen LogP contribution in [0.15, 0.2) is 34.7 Å². The number of hydrogen-bond acceptors (Lipinski definition) is 3. The number of ether oxygens (including phenoxy) is 1. The van der Waals surface area contributed by atoms with Crippen molar-refractivity contribution in [3.05, 3.63) is 35.9 Å². The maximum atomic E-state index is 12.6. The minimum absolute atomic E-state index is 0.129. The van der Waals surface area contributed by atoms with Crippen molar-refractivity contribution < 1.29 is 22.3 Å². The van der Waals surface area contributed by atoms with E-state index < -0.39 is 11.7 Å². The quantitative estimate of drug-likeness (QED) is 0.894. The van der Waals surface area contributed by atoms with E-state index in [1.807, 2.05) is 0 Å². The molecule has 0 bridgehead atoms. The summed E-state index contributed by atoms with van der Waals surface area (Å²) in [5, 5.41) is 0. The maximum absolute atomic E-state index is 12.6. The van der Waals surface area contributed by atoms with Crippen LogP contribution in [0.5, 0.6) is 5.75 Å². The predicted molar refractivity (Wildman–Crippen MR) is 60.1 cm³/mol. The highest BCUT2D eigenvalue weighted by atomic mass is 19.4. The molecule has 1 aromatic carbocycles. The van der Waals surface area contributed by atoms with Crippen molar-refractivity contribution >= 4 is 5.88 Å². The Labute approximate surface area is 101 Å². The molecule has 0 saturated heterocycles. The Hall–Kier alpha value is -2.11. The Balaban J connectivity index is 2.56. The molecular formula is C12H10F3NO2. The molecule has 1 heterocycles. The van der Waals surface area contributed by atoms with Crippen molar-refractivity contribution in [3.8, 4) is 17.1 Å². The van der Waals surface area contributed by atoms with Gasteiger partial charge in [-0.2, -0.15) is 13.2 Å². The van der Waals surface area contributed by atoms with E-state index in [1.165, 1.54) is 25.3 Å². The molecule has 0 fully saturated rings. The molecule has 0 radical (unpaired) electrons. The molecule has 0 atom stereocenters. The number of methoxy groups -OCH3 is 1. The van der Waals surface area contributed by atoms with Gasteiger partial charge in [-0.1, -0.05) is 0 Å². The molecule has 0 aliphatic heterocycles. The van der Waals surface area contributed by atoms with Crippen molar-refractivity contribution in [1.82, 2.24) is 0 Å². The molecule has 2 N–H and O–H groups in total. The first-order chi connectivity index (χ1) is 8.41. The zero-order valence-electron chi connectivity index (χ0n) is 9.41. The van der Waals surface area contributed by atoms with E-state index in [2.05, 4.69) is 0 Å². The summed E-state index contributed by atoms with van der Waals surface area (Å²) in [6, 6.07) is 6.13. The van der Waals surface area contributed by atoms with Crippen molar-refractivity contribution in [1.29, 1.82) is 0 Å². The summed E-state index contributed by atoms with van der Waals surface area (Å²) in [7, 11) is 1.37. The second-order valence-corrected chi connectivity index (χ2v) is 3.61. The van der Waals surface area contributed by atoms with Crippen LogP contribution in [0.3, 0.4) is 0 Å². The number of rotatable bonds is 2. The standard InChI is InChI=1S/C12H10F3NO2/c1-17-9-3-2-7(12(13,14)15)6-8(9)10-4-5-11(16)18-10/h2-6H,16H2,1H3. The van der Waals surface area contributed by atoms with Gasteiger partial charge in [0.05, 0.1) is 18.2 Å². The first-order valence-corrected chi connectivity index (χ1v) is 5.02. The molecule has 0 amide bonds. The second-order valence-electron chi connectivity index (χ2n) is 3.61. The largest absolute Gasteiger partial charge is 0.496 e. The predicted octanol–water partition coefficient (Wildman–Crippen LogP) is 3.56. The third-order valence-corrected chi connectivity index (χ3v) is 2.42. The van der Waals surface area contributed by atoms with Gasteiger partial charge < -0.3 is 14.9 Å². The molecule has 2 aromatic rings. The van der Waals surface area contributed by atoms with E-state index in [4.69, 9.17) is 14.9 Å². The van der Waals surface area contributed by atoms with E-state index in [0.29, 0.717) is 0 Å². The van der Waals surface area contributed by atoms with Crippen molar-refractivity contribution in [3.63, 3.8) is 0 Å². The number of benzene rings is 1. The van der Waals surface area contributed by atoms with Crippen LogP contribution in [-0.4, -0.2) is 7.11 Å². The van der Waals surface area contributed by atoms with Gasteiger partial charge in [0.1, 0.15) is 11.5 Å². The Morgan fingerprint density at radius 3 is 2.39 bits per heavy atom. The average molecular weight is 257 g/mol. The molecule has 96 valence electrons. The van der Waals surface area contributed by atoms with Gasteiger partial charge in [-0.25, -0.2) is 0 Å². The zero-order valence-corrected chi connectivity index (χ0v) is 9.41. The van der Waals surface area contributed by atoms with Gasteiger partial charge in [-0.3, -0.25) is 0 Å². The number of furan rings is 1. The fourth-order valence-electron chi connectivity index (χ4n) is 1.57. The molecule has 0 aliphatic rings. The average Bonchev–Trinajstić information content (AvgIpc) is 2.73. The van der Waals surface area contributed by atoms with Gasteiger partial charge in [0.25, 0.3) is 0 Å². The summed E-state index contributed by atoms with van der Waals surface area (Å²) < 4.78 is 48.0. The lowest BCUT2D eigenvalue weighted by molar-refractivity contribution is -0.137. The normalized spacial score (nSPS) is 11.6. The molecule has 0 saturated carbocycles. The zero-order chi connectivity index (χ0) is 13.3. The van der Waals surface area contributed by atoms with Crippen LogP contribution < -0.4 is 10.5 Å². The van der Waals surface area contributed by atoms with Gasteiger partial charge in [0.15, 0.2) is 5.88 Å². The summed E-state index contributed by atoms with van der Waals surface area (Å²) in [4.78, 5) is 0. The fraction of sp³-hybridized carbons (Fsp3) is 0.167. The van der Waals surface area contributed by atoms with Crippen LogP contribution in [0, 0.1) is 0 Å². The monoisotopic (exact) mass is 257 g/mol. The number of alkyl halides is 3. The smallest absolute Gasteiger partial charge is 0.416 e. The minimum atomic E-state index is -4.42. The van der Waals surface area contributed by atoms with Gasteiger partial charge in [-0.05, 0) is 24.3 Å². The van der Waals surface area contributed by atoms with E-state index in [-0.39, 0.29) is 23.0 Å². The van der Waals surface area contributed by atoms with Gasteiger partial charge in [0, 0.05) is 6.07 Å². The minimum Gasteiger partial charge on any atom is -0.496 e. The van der Waals surface area contributed by atoms with E-state index >= 15 is 0 Å². The SMILES string of the molecule is COc1ccc(C(F)(F)F)cc1-c1ccc(N)o1. The number of nitrogens with two attached hydrogens (primary N) is 1. The second kappa shape index (κ2) is 4.29. The summed E-state index contributed by atoms with van der Waals surface area (Å²) in [5.74, 6) is 0.650.